The van der Waals surface area contributed by atoms with Gasteiger partial charge in [0.15, 0.2) is 5.69 Å². The van der Waals surface area contributed by atoms with E-state index in [2.05, 4.69) is 4.98 Å². The van der Waals surface area contributed by atoms with E-state index in [9.17, 15) is 9.90 Å². The molecule has 0 radical (unpaired) electrons. The van der Waals surface area contributed by atoms with Crippen molar-refractivity contribution in [3.63, 3.8) is 0 Å². The fraction of sp³-hybridized carbons (Fsp3) is 0.500. The van der Waals surface area contributed by atoms with Gasteiger partial charge in [-0.3, -0.25) is 4.40 Å². The average molecular weight is 290 g/mol. The molecule has 5 nitrogen and oxygen atoms in total. The van der Waals surface area contributed by atoms with Crippen molar-refractivity contribution in [2.75, 3.05) is 13.2 Å². The van der Waals surface area contributed by atoms with Crippen LogP contribution in [0.2, 0.25) is 0 Å². The third kappa shape index (κ3) is 3.61. The Hall–Kier alpha value is -1.88. The van der Waals surface area contributed by atoms with E-state index in [0.29, 0.717) is 12.3 Å². The summed E-state index contributed by atoms with van der Waals surface area (Å²) in [6.45, 7) is 6.38. The van der Waals surface area contributed by atoms with Crippen LogP contribution in [0.15, 0.2) is 24.5 Å². The van der Waals surface area contributed by atoms with Gasteiger partial charge in [-0.2, -0.15) is 0 Å². The van der Waals surface area contributed by atoms with E-state index < -0.39 is 0 Å². The minimum atomic E-state index is -0.362. The molecule has 2 rings (SSSR count). The van der Waals surface area contributed by atoms with Crippen LogP contribution in [0.3, 0.4) is 0 Å². The molecule has 0 amide bonds. The van der Waals surface area contributed by atoms with E-state index >= 15 is 0 Å². The van der Waals surface area contributed by atoms with Crippen molar-refractivity contribution in [3.05, 3.63) is 35.8 Å². The predicted octanol–water partition coefficient (Wildman–Crippen LogP) is 2.46. The van der Waals surface area contributed by atoms with E-state index in [0.717, 1.165) is 24.1 Å². The first-order valence-corrected chi connectivity index (χ1v) is 7.21. The molecule has 5 heteroatoms. The highest BCUT2D eigenvalue weighted by molar-refractivity contribution is 5.88. The van der Waals surface area contributed by atoms with Crippen molar-refractivity contribution in [1.29, 1.82) is 0 Å². The molecule has 0 fully saturated rings. The Balaban J connectivity index is 2.18. The summed E-state index contributed by atoms with van der Waals surface area (Å²) >= 11 is 0. The Kier molecular flexibility index (Phi) is 4.63. The normalized spacial score (nSPS) is 11.8. The summed E-state index contributed by atoms with van der Waals surface area (Å²) in [7, 11) is 0. The molecular formula is C16H22N2O3. The maximum absolute atomic E-state index is 11.8. The average Bonchev–Trinajstić information content (AvgIpc) is 2.88. The Morgan fingerprint density at radius 1 is 1.48 bits per heavy atom. The number of imidazole rings is 1. The Morgan fingerprint density at radius 3 is 2.90 bits per heavy atom. The molecule has 0 aromatic carbocycles. The minimum absolute atomic E-state index is 0.0857. The smallest absolute Gasteiger partial charge is 0.356 e. The lowest BCUT2D eigenvalue weighted by Gasteiger charge is -2.21. The number of aliphatic hydroxyl groups is 1. The van der Waals surface area contributed by atoms with Crippen molar-refractivity contribution in [1.82, 2.24) is 9.38 Å². The first kappa shape index (κ1) is 15.5. The Morgan fingerprint density at radius 2 is 2.24 bits per heavy atom. The molecule has 2 heterocycles. The maximum atomic E-state index is 11.8. The van der Waals surface area contributed by atoms with Gasteiger partial charge in [-0.1, -0.05) is 13.8 Å². The zero-order valence-electron chi connectivity index (χ0n) is 12.8. The van der Waals surface area contributed by atoms with Crippen LogP contribution in [-0.4, -0.2) is 33.7 Å². The van der Waals surface area contributed by atoms with E-state index in [-0.39, 0.29) is 18.0 Å². The number of hydrogen-bond donors (Lipinski definition) is 1. The molecule has 21 heavy (non-hydrogen) atoms. The summed E-state index contributed by atoms with van der Waals surface area (Å²) in [6, 6.07) is 3.95. The van der Waals surface area contributed by atoms with Crippen LogP contribution in [0, 0.1) is 5.41 Å². The van der Waals surface area contributed by atoms with Gasteiger partial charge in [-0.05, 0) is 42.9 Å². The second kappa shape index (κ2) is 6.26. The van der Waals surface area contributed by atoms with Gasteiger partial charge in [0.1, 0.15) is 5.65 Å². The van der Waals surface area contributed by atoms with Crippen molar-refractivity contribution < 1.29 is 14.6 Å². The SMILES string of the molecule is CCOC(=O)c1cnc2cc(CCC(C)(C)CO)ccn12. The largest absolute Gasteiger partial charge is 0.461 e. The summed E-state index contributed by atoms with van der Waals surface area (Å²) in [5.41, 5.74) is 2.23. The van der Waals surface area contributed by atoms with Crippen molar-refractivity contribution in [2.24, 2.45) is 5.41 Å². The molecule has 2 aromatic rings. The molecule has 0 aliphatic heterocycles. The number of aliphatic hydroxyl groups excluding tert-OH is 1. The molecular weight excluding hydrogens is 268 g/mol. The lowest BCUT2D eigenvalue weighted by Crippen LogP contribution is -2.17. The van der Waals surface area contributed by atoms with Gasteiger partial charge in [-0.25, -0.2) is 9.78 Å². The van der Waals surface area contributed by atoms with Gasteiger partial charge < -0.3 is 9.84 Å². The number of ether oxygens (including phenoxy) is 1. The molecule has 0 aliphatic carbocycles. The molecule has 0 saturated carbocycles. The fourth-order valence-electron chi connectivity index (χ4n) is 2.10. The lowest BCUT2D eigenvalue weighted by molar-refractivity contribution is 0.0518. The maximum Gasteiger partial charge on any atom is 0.356 e. The van der Waals surface area contributed by atoms with E-state index in [1.54, 1.807) is 11.3 Å². The van der Waals surface area contributed by atoms with Crippen LogP contribution in [-0.2, 0) is 11.2 Å². The van der Waals surface area contributed by atoms with Crippen molar-refractivity contribution in [3.8, 4) is 0 Å². The van der Waals surface area contributed by atoms with E-state index in [1.165, 1.54) is 6.20 Å². The quantitative estimate of drug-likeness (QED) is 0.830. The van der Waals surface area contributed by atoms with Crippen LogP contribution in [0.4, 0.5) is 0 Å². The standard InChI is InChI=1S/C16H22N2O3/c1-4-21-15(20)13-10-17-14-9-12(6-8-18(13)14)5-7-16(2,3)11-19/h6,8-10,19H,4-5,7,11H2,1-3H3. The second-order valence-corrected chi connectivity index (χ2v) is 5.95. The minimum Gasteiger partial charge on any atom is -0.461 e. The van der Waals surface area contributed by atoms with Crippen LogP contribution in [0.25, 0.3) is 5.65 Å². The van der Waals surface area contributed by atoms with Crippen LogP contribution >= 0.6 is 0 Å². The number of nitrogens with zero attached hydrogens (tertiary/aromatic N) is 2. The molecule has 114 valence electrons. The number of aromatic nitrogens is 2. The zero-order valence-corrected chi connectivity index (χ0v) is 12.8. The Labute approximate surface area is 124 Å². The number of fused-ring (bicyclic) bond motifs is 1. The number of pyridine rings is 1. The number of carbonyl (C=O) groups is 1. The van der Waals surface area contributed by atoms with E-state index in [1.807, 2.05) is 32.2 Å². The zero-order chi connectivity index (χ0) is 15.5. The summed E-state index contributed by atoms with van der Waals surface area (Å²) in [4.78, 5) is 16.0. The topological polar surface area (TPSA) is 63.8 Å². The molecule has 0 spiro atoms. The van der Waals surface area contributed by atoms with Crippen LogP contribution in [0.1, 0.15) is 43.2 Å². The number of rotatable bonds is 6. The monoisotopic (exact) mass is 290 g/mol. The lowest BCUT2D eigenvalue weighted by atomic mass is 9.87. The molecule has 0 atom stereocenters. The molecule has 0 aliphatic rings. The highest BCUT2D eigenvalue weighted by Gasteiger charge is 2.17. The Bertz CT molecular complexity index is 631. The number of aryl methyl sites for hydroxylation is 1. The fourth-order valence-corrected chi connectivity index (χ4v) is 2.10. The summed E-state index contributed by atoms with van der Waals surface area (Å²) in [6.07, 6.45) is 5.14. The first-order valence-electron chi connectivity index (χ1n) is 7.21. The third-order valence-electron chi connectivity index (χ3n) is 3.58. The second-order valence-electron chi connectivity index (χ2n) is 5.95. The van der Waals surface area contributed by atoms with Crippen LogP contribution < -0.4 is 0 Å². The van der Waals surface area contributed by atoms with Crippen molar-refractivity contribution in [2.45, 2.75) is 33.6 Å². The van der Waals surface area contributed by atoms with Gasteiger partial charge in [0.05, 0.1) is 12.8 Å². The molecule has 1 N–H and O–H groups in total. The third-order valence-corrected chi connectivity index (χ3v) is 3.58. The predicted molar refractivity (Wildman–Crippen MR) is 80.3 cm³/mol. The number of esters is 1. The van der Waals surface area contributed by atoms with Gasteiger partial charge in [0.25, 0.3) is 0 Å². The van der Waals surface area contributed by atoms with Crippen molar-refractivity contribution >= 4 is 11.6 Å². The number of carbonyl (C=O) groups excluding carboxylic acids is 1. The van der Waals surface area contributed by atoms with Crippen LogP contribution in [0.5, 0.6) is 0 Å². The molecule has 0 bridgehead atoms. The van der Waals surface area contributed by atoms with E-state index in [4.69, 9.17) is 4.74 Å². The summed E-state index contributed by atoms with van der Waals surface area (Å²) in [5, 5.41) is 9.29. The molecule has 0 saturated heterocycles. The van der Waals surface area contributed by atoms with Gasteiger partial charge in [0, 0.05) is 12.8 Å². The highest BCUT2D eigenvalue weighted by Crippen LogP contribution is 2.22. The van der Waals surface area contributed by atoms with Gasteiger partial charge in [-0.15, -0.1) is 0 Å². The number of hydrogen-bond acceptors (Lipinski definition) is 4. The highest BCUT2D eigenvalue weighted by atomic mass is 16.5. The first-order chi connectivity index (χ1) is 9.96. The molecule has 0 unspecified atom stereocenters. The molecule has 2 aromatic heterocycles. The summed E-state index contributed by atoms with van der Waals surface area (Å²) in [5.74, 6) is -0.362. The summed E-state index contributed by atoms with van der Waals surface area (Å²) < 4.78 is 6.74. The van der Waals surface area contributed by atoms with Gasteiger partial charge >= 0.3 is 5.97 Å². The van der Waals surface area contributed by atoms with Gasteiger partial charge in [0.2, 0.25) is 0 Å².